The largest absolute Gasteiger partial charge is 0.341 e. The highest BCUT2D eigenvalue weighted by Crippen LogP contribution is 2.36. The normalized spacial score (nSPS) is 13.3. The minimum atomic E-state index is -3.71. The maximum Gasteiger partial charge on any atom is 0.253 e. The van der Waals surface area contributed by atoms with E-state index in [1.54, 1.807) is 30.1 Å². The number of nitrogens with zero attached hydrogens (tertiary/aromatic N) is 2. The highest BCUT2D eigenvalue weighted by atomic mass is 32.2. The maximum atomic E-state index is 13.1. The van der Waals surface area contributed by atoms with Crippen molar-refractivity contribution >= 4 is 38.2 Å². The number of fused-ring (bicyclic) bond motifs is 1. The molecule has 0 saturated heterocycles. The van der Waals surface area contributed by atoms with Gasteiger partial charge in [-0.15, -0.1) is 11.3 Å². The highest BCUT2D eigenvalue weighted by molar-refractivity contribution is 7.89. The van der Waals surface area contributed by atoms with Crippen molar-refractivity contribution in [3.63, 3.8) is 0 Å². The van der Waals surface area contributed by atoms with Crippen LogP contribution < -0.4 is 5.32 Å². The van der Waals surface area contributed by atoms with Gasteiger partial charge in [0.1, 0.15) is 0 Å². The fourth-order valence-corrected chi connectivity index (χ4v) is 6.29. The Hall–Kier alpha value is -3.27. The third-order valence-electron chi connectivity index (χ3n) is 5.66. The summed E-state index contributed by atoms with van der Waals surface area (Å²) in [4.78, 5) is 26.9. The molecular weight excluding hydrogens is 470 g/mol. The van der Waals surface area contributed by atoms with Crippen LogP contribution in [0.3, 0.4) is 0 Å². The van der Waals surface area contributed by atoms with E-state index in [1.807, 2.05) is 30.3 Å². The third kappa shape index (κ3) is 5.11. The average Bonchev–Trinajstić information content (AvgIpc) is 3.42. The number of amides is 2. The Labute approximate surface area is 203 Å². The van der Waals surface area contributed by atoms with Gasteiger partial charge >= 0.3 is 0 Å². The van der Waals surface area contributed by atoms with Crippen LogP contribution in [0.15, 0.2) is 78.2 Å². The summed E-state index contributed by atoms with van der Waals surface area (Å²) in [6.07, 6.45) is 1.94. The molecule has 2 amide bonds. The predicted octanol–water partition coefficient (Wildman–Crippen LogP) is 3.89. The minimum Gasteiger partial charge on any atom is -0.341 e. The molecule has 1 aliphatic rings. The van der Waals surface area contributed by atoms with E-state index in [2.05, 4.69) is 11.9 Å². The van der Waals surface area contributed by atoms with Crippen LogP contribution in [0.4, 0.5) is 5.00 Å². The molecule has 1 aliphatic heterocycles. The van der Waals surface area contributed by atoms with Crippen molar-refractivity contribution in [2.24, 2.45) is 0 Å². The van der Waals surface area contributed by atoms with E-state index in [0.717, 1.165) is 22.4 Å². The summed E-state index contributed by atoms with van der Waals surface area (Å²) < 4.78 is 27.7. The summed E-state index contributed by atoms with van der Waals surface area (Å²) in [5.41, 5.74) is 2.47. The Morgan fingerprint density at radius 2 is 1.82 bits per heavy atom. The Bertz CT molecular complexity index is 1290. The summed E-state index contributed by atoms with van der Waals surface area (Å²) in [5.74, 6) is -0.456. The van der Waals surface area contributed by atoms with Gasteiger partial charge in [0.05, 0.1) is 9.90 Å². The molecule has 1 aromatic heterocycles. The first-order valence-corrected chi connectivity index (χ1v) is 13.0. The molecule has 176 valence electrons. The topological polar surface area (TPSA) is 86.8 Å². The van der Waals surface area contributed by atoms with Crippen LogP contribution in [0.25, 0.3) is 0 Å². The van der Waals surface area contributed by atoms with Crippen LogP contribution in [0, 0.1) is 0 Å². The van der Waals surface area contributed by atoms with Gasteiger partial charge in [0, 0.05) is 37.1 Å². The molecule has 7 nitrogen and oxygen atoms in total. The molecule has 3 aromatic rings. The molecule has 34 heavy (non-hydrogen) atoms. The first-order chi connectivity index (χ1) is 16.3. The van der Waals surface area contributed by atoms with Crippen LogP contribution in [0.1, 0.15) is 26.4 Å². The zero-order valence-corrected chi connectivity index (χ0v) is 20.4. The number of nitrogens with one attached hydrogen (secondary N) is 1. The van der Waals surface area contributed by atoms with Crippen LogP contribution in [0.5, 0.6) is 0 Å². The summed E-state index contributed by atoms with van der Waals surface area (Å²) in [5, 5.41) is 3.38. The average molecular weight is 496 g/mol. The summed E-state index contributed by atoms with van der Waals surface area (Å²) in [6.45, 7) is 4.47. The van der Waals surface area contributed by atoms with Gasteiger partial charge in [0.25, 0.3) is 5.91 Å². The van der Waals surface area contributed by atoms with Crippen LogP contribution >= 0.6 is 11.3 Å². The number of rotatable bonds is 8. The lowest BCUT2D eigenvalue weighted by Gasteiger charge is -2.18. The molecule has 0 saturated carbocycles. The zero-order valence-electron chi connectivity index (χ0n) is 18.7. The molecular formula is C25H25N3O4S2. The van der Waals surface area contributed by atoms with Crippen molar-refractivity contribution < 1.29 is 18.0 Å². The van der Waals surface area contributed by atoms with Crippen LogP contribution in [0.2, 0.25) is 0 Å². The molecule has 0 spiro atoms. The molecule has 0 fully saturated rings. The molecule has 1 N–H and O–H groups in total. The summed E-state index contributed by atoms with van der Waals surface area (Å²) in [7, 11) is -1.97. The number of anilines is 1. The maximum absolute atomic E-state index is 13.1. The number of hydrogen-bond donors (Lipinski definition) is 1. The van der Waals surface area contributed by atoms with Crippen molar-refractivity contribution in [1.29, 1.82) is 0 Å². The lowest BCUT2D eigenvalue weighted by Crippen LogP contribution is -2.29. The predicted molar refractivity (Wildman–Crippen MR) is 133 cm³/mol. The van der Waals surface area contributed by atoms with Gasteiger partial charge in [-0.2, -0.15) is 4.31 Å². The molecule has 0 atom stereocenters. The van der Waals surface area contributed by atoms with E-state index in [-0.39, 0.29) is 29.8 Å². The smallest absolute Gasteiger partial charge is 0.253 e. The van der Waals surface area contributed by atoms with Crippen molar-refractivity contribution in [2.45, 2.75) is 24.4 Å². The SMILES string of the molecule is C=CC(=O)Nc1cc2c(s1)CN(S(=O)(=O)c1ccc(C(=O)N(C)CCc3ccccc3)cc1)C2. The highest BCUT2D eigenvalue weighted by Gasteiger charge is 2.32. The van der Waals surface area contributed by atoms with E-state index in [9.17, 15) is 18.0 Å². The first-order valence-electron chi connectivity index (χ1n) is 10.7. The molecule has 0 bridgehead atoms. The third-order valence-corrected chi connectivity index (χ3v) is 8.54. The van der Waals surface area contributed by atoms with Crippen molar-refractivity contribution in [1.82, 2.24) is 9.21 Å². The Balaban J connectivity index is 1.39. The van der Waals surface area contributed by atoms with Gasteiger partial charge in [0.15, 0.2) is 0 Å². The second kappa shape index (κ2) is 9.92. The molecule has 2 aromatic carbocycles. The zero-order chi connectivity index (χ0) is 24.3. The van der Waals surface area contributed by atoms with E-state index in [4.69, 9.17) is 0 Å². The van der Waals surface area contributed by atoms with E-state index in [1.165, 1.54) is 33.9 Å². The number of likely N-dealkylation sites (N-methyl/N-ethyl adjacent to an activating group) is 1. The van der Waals surface area contributed by atoms with Crippen LogP contribution in [-0.2, 0) is 34.3 Å². The number of sulfonamides is 1. The van der Waals surface area contributed by atoms with Gasteiger partial charge in [0.2, 0.25) is 15.9 Å². The van der Waals surface area contributed by atoms with Crippen LogP contribution in [-0.4, -0.2) is 43.0 Å². The van der Waals surface area contributed by atoms with Gasteiger partial charge in [-0.05, 0) is 54.0 Å². The molecule has 9 heteroatoms. The first kappa shape index (κ1) is 23.9. The standard InChI is InChI=1S/C25H25N3O4S2/c1-3-23(29)26-24-15-20-16-28(17-22(20)33-24)34(31,32)21-11-9-19(10-12-21)25(30)27(2)14-13-18-7-5-4-6-8-18/h3-12,15H,1,13-14,16-17H2,2H3,(H,26,29). The molecule has 4 rings (SSSR count). The number of carbonyl (C=O) groups is 2. The Morgan fingerprint density at radius 3 is 2.47 bits per heavy atom. The Morgan fingerprint density at radius 1 is 1.12 bits per heavy atom. The minimum absolute atomic E-state index is 0.145. The van der Waals surface area contributed by atoms with Crippen molar-refractivity contribution in [2.75, 3.05) is 18.9 Å². The summed E-state index contributed by atoms with van der Waals surface area (Å²) >= 11 is 1.36. The molecule has 2 heterocycles. The fraction of sp³-hybridized carbons (Fsp3) is 0.200. The molecule has 0 unspecified atom stereocenters. The fourth-order valence-electron chi connectivity index (χ4n) is 3.73. The van der Waals surface area contributed by atoms with E-state index in [0.29, 0.717) is 17.1 Å². The van der Waals surface area contributed by atoms with Gasteiger partial charge in [-0.3, -0.25) is 9.59 Å². The Kier molecular flexibility index (Phi) is 6.97. The second-order valence-corrected chi connectivity index (χ2v) is 11.1. The molecule has 0 aliphatic carbocycles. The van der Waals surface area contributed by atoms with Crippen molar-refractivity contribution in [3.8, 4) is 0 Å². The monoisotopic (exact) mass is 495 g/mol. The van der Waals surface area contributed by atoms with Crippen molar-refractivity contribution in [3.05, 3.63) is 94.9 Å². The van der Waals surface area contributed by atoms with E-state index < -0.39 is 10.0 Å². The lowest BCUT2D eigenvalue weighted by atomic mass is 10.1. The number of hydrogen-bond acceptors (Lipinski definition) is 5. The number of benzene rings is 2. The number of carbonyl (C=O) groups excluding carboxylic acids is 2. The van der Waals surface area contributed by atoms with Gasteiger partial charge < -0.3 is 10.2 Å². The second-order valence-electron chi connectivity index (χ2n) is 8.01. The lowest BCUT2D eigenvalue weighted by molar-refractivity contribution is -0.111. The van der Waals surface area contributed by atoms with Gasteiger partial charge in [-0.25, -0.2) is 8.42 Å². The number of thiophene rings is 1. The molecule has 0 radical (unpaired) electrons. The quantitative estimate of drug-likeness (QED) is 0.481. The van der Waals surface area contributed by atoms with Gasteiger partial charge in [-0.1, -0.05) is 36.9 Å². The van der Waals surface area contributed by atoms with E-state index >= 15 is 0 Å². The summed E-state index contributed by atoms with van der Waals surface area (Å²) in [6, 6.07) is 17.8.